The first-order valence-corrected chi connectivity index (χ1v) is 5.67. The van der Waals surface area contributed by atoms with Gasteiger partial charge in [-0.3, -0.25) is 0 Å². The second-order valence-corrected chi connectivity index (χ2v) is 4.56. The molecule has 15 heavy (non-hydrogen) atoms. The molecule has 1 N–H and O–H groups in total. The van der Waals surface area contributed by atoms with Crippen LogP contribution in [0.25, 0.3) is 0 Å². The zero-order valence-corrected chi connectivity index (χ0v) is 9.11. The highest BCUT2D eigenvalue weighted by Gasteiger charge is 2.26. The molecule has 5 nitrogen and oxygen atoms in total. The van der Waals surface area contributed by atoms with E-state index in [-0.39, 0.29) is 0 Å². The zero-order chi connectivity index (χ0) is 10.3. The first-order chi connectivity index (χ1) is 7.34. The average molecular weight is 207 g/mol. The molecule has 0 spiro atoms. The van der Waals surface area contributed by atoms with Crippen LogP contribution in [0.4, 0.5) is 0 Å². The van der Waals surface area contributed by atoms with Gasteiger partial charge in [0.15, 0.2) is 0 Å². The monoisotopic (exact) mass is 207 g/mol. The Balaban J connectivity index is 1.88. The fourth-order valence-corrected chi connectivity index (χ4v) is 2.56. The summed E-state index contributed by atoms with van der Waals surface area (Å²) in [4.78, 5) is 2.36. The van der Waals surface area contributed by atoms with Gasteiger partial charge in [-0.1, -0.05) is 5.21 Å². The molecule has 82 valence electrons. The highest BCUT2D eigenvalue weighted by atomic mass is 15.5. The van der Waals surface area contributed by atoms with Gasteiger partial charge >= 0.3 is 0 Å². The summed E-state index contributed by atoms with van der Waals surface area (Å²) < 4.78 is 2.17. The summed E-state index contributed by atoms with van der Waals surface area (Å²) in [5.41, 5.74) is 2.50. The van der Waals surface area contributed by atoms with Crippen molar-refractivity contribution >= 4 is 0 Å². The van der Waals surface area contributed by atoms with Gasteiger partial charge in [0.05, 0.1) is 17.4 Å². The average Bonchev–Trinajstić information content (AvgIpc) is 2.83. The maximum Gasteiger partial charge on any atom is 0.0997 e. The lowest BCUT2D eigenvalue weighted by molar-refractivity contribution is 0.373. The Hall–Kier alpha value is -0.940. The Morgan fingerprint density at radius 1 is 1.47 bits per heavy atom. The van der Waals surface area contributed by atoms with Crippen LogP contribution in [-0.4, -0.2) is 46.6 Å². The first kappa shape index (κ1) is 9.30. The lowest BCUT2D eigenvalue weighted by Crippen LogP contribution is -2.26. The predicted molar refractivity (Wildman–Crippen MR) is 56.6 cm³/mol. The van der Waals surface area contributed by atoms with Crippen LogP contribution in [0.5, 0.6) is 0 Å². The molecule has 0 aromatic carbocycles. The minimum Gasteiger partial charge on any atom is -0.311 e. The summed E-state index contributed by atoms with van der Waals surface area (Å²) in [5.74, 6) is 0. The number of nitrogens with one attached hydrogen (secondary N) is 1. The Morgan fingerprint density at radius 3 is 3.20 bits per heavy atom. The van der Waals surface area contributed by atoms with E-state index in [1.807, 2.05) is 0 Å². The van der Waals surface area contributed by atoms with E-state index in [2.05, 4.69) is 32.3 Å². The van der Waals surface area contributed by atoms with Gasteiger partial charge in [-0.25, -0.2) is 4.68 Å². The summed E-state index contributed by atoms with van der Waals surface area (Å²) in [7, 11) is 2.17. The molecule has 1 fully saturated rings. The van der Waals surface area contributed by atoms with Crippen molar-refractivity contribution in [3.05, 3.63) is 11.4 Å². The number of hydrogen-bond donors (Lipinski definition) is 1. The number of fused-ring (bicyclic) bond motifs is 1. The normalized spacial score (nSPS) is 26.9. The van der Waals surface area contributed by atoms with Gasteiger partial charge in [0.2, 0.25) is 0 Å². The van der Waals surface area contributed by atoms with Crippen molar-refractivity contribution in [2.45, 2.75) is 25.4 Å². The van der Waals surface area contributed by atoms with Crippen molar-refractivity contribution in [1.82, 2.24) is 25.2 Å². The van der Waals surface area contributed by atoms with Crippen molar-refractivity contribution in [1.29, 1.82) is 0 Å². The molecule has 5 heteroatoms. The molecule has 2 aliphatic heterocycles. The second-order valence-electron chi connectivity index (χ2n) is 4.56. The molecule has 1 atom stereocenters. The predicted octanol–water partition coefficient (Wildman–Crippen LogP) is -0.200. The summed E-state index contributed by atoms with van der Waals surface area (Å²) in [6.45, 7) is 4.24. The first-order valence-electron chi connectivity index (χ1n) is 5.67. The minimum atomic E-state index is 0.546. The molecule has 0 amide bonds. The standard InChI is InChI=1S/C10H17N5/c1-14-5-3-8(7-14)15-10-2-4-11-6-9(10)12-13-15/h8,11H,2-7H2,1H3. The van der Waals surface area contributed by atoms with E-state index in [1.54, 1.807) is 0 Å². The Kier molecular flexibility index (Phi) is 2.21. The topological polar surface area (TPSA) is 46.0 Å². The Bertz CT molecular complexity index is 359. The SMILES string of the molecule is CN1CCC(n2nnc3c2CCNC3)C1. The minimum absolute atomic E-state index is 0.546. The molecular weight excluding hydrogens is 190 g/mol. The van der Waals surface area contributed by atoms with Crippen LogP contribution in [0, 0.1) is 0 Å². The van der Waals surface area contributed by atoms with Crippen LogP contribution in [-0.2, 0) is 13.0 Å². The van der Waals surface area contributed by atoms with Crippen LogP contribution >= 0.6 is 0 Å². The summed E-state index contributed by atoms with van der Waals surface area (Å²) in [6.07, 6.45) is 2.28. The lowest BCUT2D eigenvalue weighted by Gasteiger charge is -2.17. The molecule has 3 rings (SSSR count). The number of nitrogens with zero attached hydrogens (tertiary/aromatic N) is 4. The Morgan fingerprint density at radius 2 is 2.40 bits per heavy atom. The molecule has 0 saturated carbocycles. The summed E-state index contributed by atoms with van der Waals surface area (Å²) >= 11 is 0. The van der Waals surface area contributed by atoms with Gasteiger partial charge in [0.1, 0.15) is 0 Å². The molecule has 3 heterocycles. The van der Waals surface area contributed by atoms with Crippen molar-refractivity contribution in [3.63, 3.8) is 0 Å². The third-order valence-corrected chi connectivity index (χ3v) is 3.41. The fraction of sp³-hybridized carbons (Fsp3) is 0.800. The molecule has 1 unspecified atom stereocenters. The third-order valence-electron chi connectivity index (χ3n) is 3.41. The van der Waals surface area contributed by atoms with Crippen molar-refractivity contribution in [2.75, 3.05) is 26.7 Å². The molecule has 2 aliphatic rings. The van der Waals surface area contributed by atoms with Crippen LogP contribution in [0.2, 0.25) is 0 Å². The molecule has 1 aromatic rings. The summed E-state index contributed by atoms with van der Waals surface area (Å²) in [5, 5.41) is 11.9. The summed E-state index contributed by atoms with van der Waals surface area (Å²) in [6, 6.07) is 0.546. The third kappa shape index (κ3) is 1.55. The molecule has 0 bridgehead atoms. The van der Waals surface area contributed by atoms with E-state index in [1.165, 1.54) is 18.7 Å². The van der Waals surface area contributed by atoms with Crippen LogP contribution < -0.4 is 5.32 Å². The van der Waals surface area contributed by atoms with Crippen LogP contribution in [0.15, 0.2) is 0 Å². The van der Waals surface area contributed by atoms with Gasteiger partial charge in [0.25, 0.3) is 0 Å². The fourth-order valence-electron chi connectivity index (χ4n) is 2.56. The highest BCUT2D eigenvalue weighted by molar-refractivity contribution is 5.14. The number of likely N-dealkylation sites (tertiary alicyclic amines) is 1. The van der Waals surface area contributed by atoms with Gasteiger partial charge in [-0.2, -0.15) is 0 Å². The van der Waals surface area contributed by atoms with Crippen LogP contribution in [0.3, 0.4) is 0 Å². The Labute approximate surface area is 89.4 Å². The van der Waals surface area contributed by atoms with Crippen molar-refractivity contribution in [3.8, 4) is 0 Å². The molecule has 1 saturated heterocycles. The maximum absolute atomic E-state index is 4.31. The number of aromatic nitrogens is 3. The van der Waals surface area contributed by atoms with Gasteiger partial charge in [-0.15, -0.1) is 5.10 Å². The molecular formula is C10H17N5. The largest absolute Gasteiger partial charge is 0.311 e. The quantitative estimate of drug-likeness (QED) is 0.693. The highest BCUT2D eigenvalue weighted by Crippen LogP contribution is 2.23. The number of likely N-dealkylation sites (N-methyl/N-ethyl adjacent to an activating group) is 1. The van der Waals surface area contributed by atoms with Gasteiger partial charge in [-0.05, 0) is 20.0 Å². The van der Waals surface area contributed by atoms with E-state index < -0.39 is 0 Å². The van der Waals surface area contributed by atoms with E-state index >= 15 is 0 Å². The molecule has 1 aromatic heterocycles. The van der Waals surface area contributed by atoms with Gasteiger partial charge in [0, 0.05) is 26.1 Å². The van der Waals surface area contributed by atoms with Gasteiger partial charge < -0.3 is 10.2 Å². The smallest absolute Gasteiger partial charge is 0.0997 e. The number of rotatable bonds is 1. The van der Waals surface area contributed by atoms with E-state index in [9.17, 15) is 0 Å². The molecule has 0 radical (unpaired) electrons. The maximum atomic E-state index is 4.31. The zero-order valence-electron chi connectivity index (χ0n) is 9.11. The van der Waals surface area contributed by atoms with E-state index in [0.717, 1.165) is 31.7 Å². The van der Waals surface area contributed by atoms with Crippen LogP contribution in [0.1, 0.15) is 23.9 Å². The van der Waals surface area contributed by atoms with E-state index in [0.29, 0.717) is 6.04 Å². The lowest BCUT2D eigenvalue weighted by atomic mass is 10.1. The van der Waals surface area contributed by atoms with E-state index in [4.69, 9.17) is 0 Å². The van der Waals surface area contributed by atoms with Crippen molar-refractivity contribution in [2.24, 2.45) is 0 Å². The second kappa shape index (κ2) is 3.57. The number of hydrogen-bond acceptors (Lipinski definition) is 4. The molecule has 0 aliphatic carbocycles. The van der Waals surface area contributed by atoms with Crippen molar-refractivity contribution < 1.29 is 0 Å².